The third-order valence-electron chi connectivity index (χ3n) is 3.01. The Bertz CT molecular complexity index is 724. The van der Waals surface area contributed by atoms with Gasteiger partial charge < -0.3 is 0 Å². The predicted molar refractivity (Wildman–Crippen MR) is 91.0 cm³/mol. The second kappa shape index (κ2) is 6.87. The Labute approximate surface area is 138 Å². The minimum atomic E-state index is -3.53. The molecule has 0 N–H and O–H groups in total. The SMILES string of the molecule is C=CCN(Cc1cccs1)S(=O)(=O)c1ccc(Br)c(C)c1. The van der Waals surface area contributed by atoms with Crippen molar-refractivity contribution in [2.75, 3.05) is 6.54 Å². The van der Waals surface area contributed by atoms with E-state index in [1.165, 1.54) is 4.31 Å². The highest BCUT2D eigenvalue weighted by Crippen LogP contribution is 2.24. The van der Waals surface area contributed by atoms with E-state index in [0.29, 0.717) is 11.4 Å². The topological polar surface area (TPSA) is 37.4 Å². The average molecular weight is 386 g/mol. The number of sulfonamides is 1. The first kappa shape index (κ1) is 16.4. The van der Waals surface area contributed by atoms with Crippen molar-refractivity contribution in [3.63, 3.8) is 0 Å². The Morgan fingerprint density at radius 2 is 2.14 bits per heavy atom. The monoisotopic (exact) mass is 385 g/mol. The van der Waals surface area contributed by atoms with E-state index < -0.39 is 10.0 Å². The molecule has 0 aliphatic carbocycles. The Kier molecular flexibility index (Phi) is 5.37. The van der Waals surface area contributed by atoms with Gasteiger partial charge >= 0.3 is 0 Å². The van der Waals surface area contributed by atoms with Crippen molar-refractivity contribution in [2.24, 2.45) is 0 Å². The van der Waals surface area contributed by atoms with Crippen molar-refractivity contribution in [2.45, 2.75) is 18.4 Å². The number of hydrogen-bond acceptors (Lipinski definition) is 3. The molecular formula is C15H16BrNO2S2. The van der Waals surface area contributed by atoms with Crippen LogP contribution in [0.1, 0.15) is 10.4 Å². The van der Waals surface area contributed by atoms with Crippen molar-refractivity contribution in [1.29, 1.82) is 0 Å². The van der Waals surface area contributed by atoms with Crippen LogP contribution in [0, 0.1) is 6.92 Å². The van der Waals surface area contributed by atoms with E-state index in [-0.39, 0.29) is 6.54 Å². The molecule has 3 nitrogen and oxygen atoms in total. The second-order valence-electron chi connectivity index (χ2n) is 4.58. The first-order chi connectivity index (χ1) is 9.95. The van der Waals surface area contributed by atoms with E-state index in [1.54, 1.807) is 35.6 Å². The van der Waals surface area contributed by atoms with Crippen LogP contribution < -0.4 is 0 Å². The van der Waals surface area contributed by atoms with Gasteiger partial charge in [-0.2, -0.15) is 4.31 Å². The van der Waals surface area contributed by atoms with Crippen LogP contribution in [0.2, 0.25) is 0 Å². The van der Waals surface area contributed by atoms with Crippen molar-refractivity contribution in [3.8, 4) is 0 Å². The van der Waals surface area contributed by atoms with Crippen molar-refractivity contribution < 1.29 is 8.42 Å². The number of benzene rings is 1. The Morgan fingerprint density at radius 1 is 1.38 bits per heavy atom. The summed E-state index contributed by atoms with van der Waals surface area (Å²) < 4.78 is 27.9. The molecule has 0 aliphatic rings. The Hall–Kier alpha value is -0.950. The van der Waals surface area contributed by atoms with Crippen molar-refractivity contribution in [1.82, 2.24) is 4.31 Å². The summed E-state index contributed by atoms with van der Waals surface area (Å²) in [5, 5.41) is 1.94. The van der Waals surface area contributed by atoms with Gasteiger partial charge in [-0.1, -0.05) is 28.1 Å². The molecular weight excluding hydrogens is 370 g/mol. The molecule has 0 amide bonds. The molecule has 0 bridgehead atoms. The molecule has 21 heavy (non-hydrogen) atoms. The summed E-state index contributed by atoms with van der Waals surface area (Å²) in [5.41, 5.74) is 0.894. The van der Waals surface area contributed by atoms with E-state index in [0.717, 1.165) is 14.9 Å². The van der Waals surface area contributed by atoms with E-state index in [9.17, 15) is 8.42 Å². The van der Waals surface area contributed by atoms with Crippen LogP contribution in [0.3, 0.4) is 0 Å². The maximum atomic E-state index is 12.8. The normalized spacial score (nSPS) is 11.8. The van der Waals surface area contributed by atoms with Gasteiger partial charge in [0.05, 0.1) is 4.90 Å². The van der Waals surface area contributed by atoms with Crippen molar-refractivity contribution >= 4 is 37.3 Å². The largest absolute Gasteiger partial charge is 0.243 e. The van der Waals surface area contributed by atoms with E-state index in [1.807, 2.05) is 24.4 Å². The van der Waals surface area contributed by atoms with Crippen LogP contribution in [0.15, 0.2) is 57.7 Å². The van der Waals surface area contributed by atoms with Gasteiger partial charge in [-0.3, -0.25) is 0 Å². The molecule has 0 atom stereocenters. The number of thiophene rings is 1. The van der Waals surface area contributed by atoms with Crippen molar-refractivity contribution in [3.05, 3.63) is 63.3 Å². The molecule has 1 heterocycles. The summed E-state index contributed by atoms with van der Waals surface area (Å²) in [5.74, 6) is 0. The molecule has 6 heteroatoms. The summed E-state index contributed by atoms with van der Waals surface area (Å²) in [7, 11) is -3.53. The van der Waals surface area contributed by atoms with E-state index in [2.05, 4.69) is 22.5 Å². The van der Waals surface area contributed by atoms with Gasteiger partial charge in [-0.15, -0.1) is 17.9 Å². The molecule has 0 spiro atoms. The summed E-state index contributed by atoms with van der Waals surface area (Å²) in [6.07, 6.45) is 1.61. The lowest BCUT2D eigenvalue weighted by Gasteiger charge is -2.20. The highest BCUT2D eigenvalue weighted by atomic mass is 79.9. The first-order valence-corrected chi connectivity index (χ1v) is 9.46. The molecule has 1 aromatic heterocycles. The predicted octanol–water partition coefficient (Wildman–Crippen LogP) is 4.20. The summed E-state index contributed by atoms with van der Waals surface area (Å²) >= 11 is 4.94. The Balaban J connectivity index is 2.36. The minimum Gasteiger partial charge on any atom is -0.207 e. The van der Waals surface area contributed by atoms with Crippen LogP contribution in [-0.4, -0.2) is 19.3 Å². The standard InChI is InChI=1S/C15H16BrNO2S2/c1-3-8-17(11-13-5-4-9-20-13)21(18,19)14-6-7-15(16)12(2)10-14/h3-7,9-10H,1,8,11H2,2H3. The van der Waals surface area contributed by atoms with Crippen LogP contribution in [0.4, 0.5) is 0 Å². The number of rotatable bonds is 6. The van der Waals surface area contributed by atoms with Gasteiger partial charge in [0.25, 0.3) is 0 Å². The maximum absolute atomic E-state index is 12.8. The molecule has 112 valence electrons. The molecule has 2 rings (SSSR count). The summed E-state index contributed by atoms with van der Waals surface area (Å²) in [6, 6.07) is 8.92. The fraction of sp³-hybridized carbons (Fsp3) is 0.200. The third kappa shape index (κ3) is 3.83. The molecule has 2 aromatic rings. The van der Waals surface area contributed by atoms with Gasteiger partial charge in [-0.05, 0) is 42.1 Å². The first-order valence-electron chi connectivity index (χ1n) is 6.34. The fourth-order valence-corrected chi connectivity index (χ4v) is 4.42. The fourth-order valence-electron chi connectivity index (χ4n) is 1.89. The zero-order valence-electron chi connectivity index (χ0n) is 11.6. The second-order valence-corrected chi connectivity index (χ2v) is 8.40. The van der Waals surface area contributed by atoms with Gasteiger partial charge in [0.15, 0.2) is 0 Å². The van der Waals surface area contributed by atoms with Gasteiger partial charge in [0.2, 0.25) is 10.0 Å². The highest BCUT2D eigenvalue weighted by Gasteiger charge is 2.24. The zero-order chi connectivity index (χ0) is 15.5. The van der Waals surface area contributed by atoms with Crippen LogP contribution in [-0.2, 0) is 16.6 Å². The highest BCUT2D eigenvalue weighted by molar-refractivity contribution is 9.10. The van der Waals surface area contributed by atoms with E-state index >= 15 is 0 Å². The molecule has 0 saturated heterocycles. The van der Waals surface area contributed by atoms with Crippen LogP contribution in [0.5, 0.6) is 0 Å². The number of aryl methyl sites for hydroxylation is 1. The molecule has 0 unspecified atom stereocenters. The molecule has 1 aromatic carbocycles. The minimum absolute atomic E-state index is 0.287. The smallest absolute Gasteiger partial charge is 0.207 e. The molecule has 0 aliphatic heterocycles. The third-order valence-corrected chi connectivity index (χ3v) is 6.57. The van der Waals surface area contributed by atoms with Gasteiger partial charge in [0.1, 0.15) is 0 Å². The van der Waals surface area contributed by atoms with Gasteiger partial charge in [-0.25, -0.2) is 8.42 Å². The lowest BCUT2D eigenvalue weighted by atomic mass is 10.2. The van der Waals surface area contributed by atoms with E-state index in [4.69, 9.17) is 0 Å². The van der Waals surface area contributed by atoms with Crippen LogP contribution in [0.25, 0.3) is 0 Å². The van der Waals surface area contributed by atoms with Gasteiger partial charge in [0, 0.05) is 22.4 Å². The molecule has 0 radical (unpaired) electrons. The molecule has 0 saturated carbocycles. The zero-order valence-corrected chi connectivity index (χ0v) is 14.8. The Morgan fingerprint density at radius 3 is 2.71 bits per heavy atom. The van der Waals surface area contributed by atoms with Crippen LogP contribution >= 0.6 is 27.3 Å². The number of nitrogens with zero attached hydrogens (tertiary/aromatic N) is 1. The number of hydrogen-bond donors (Lipinski definition) is 0. The lowest BCUT2D eigenvalue weighted by molar-refractivity contribution is 0.441. The maximum Gasteiger partial charge on any atom is 0.243 e. The average Bonchev–Trinajstić information content (AvgIpc) is 2.94. The number of halogens is 1. The quantitative estimate of drug-likeness (QED) is 0.698. The molecule has 0 fully saturated rings. The summed E-state index contributed by atoms with van der Waals surface area (Å²) in [6.45, 7) is 6.18. The summed E-state index contributed by atoms with van der Waals surface area (Å²) in [4.78, 5) is 1.32. The lowest BCUT2D eigenvalue weighted by Crippen LogP contribution is -2.30.